The van der Waals surface area contributed by atoms with Crippen LogP contribution in [0.1, 0.15) is 5.56 Å². The topological polar surface area (TPSA) is 70.5 Å². The van der Waals surface area contributed by atoms with E-state index in [4.69, 9.17) is 20.9 Å². The Labute approximate surface area is 140 Å². The number of nitrogen functional groups attached to an aromatic ring is 2. The van der Waals surface area contributed by atoms with E-state index in [0.717, 1.165) is 5.56 Å². The molecule has 0 aliphatic rings. The molecular formula is C20H18N2O2. The van der Waals surface area contributed by atoms with Gasteiger partial charge in [-0.15, -0.1) is 0 Å². The molecule has 24 heavy (non-hydrogen) atoms. The van der Waals surface area contributed by atoms with Gasteiger partial charge in [-0.05, 0) is 66.2 Å². The van der Waals surface area contributed by atoms with Gasteiger partial charge in [-0.1, -0.05) is 12.7 Å². The maximum absolute atomic E-state index is 5.87. The monoisotopic (exact) mass is 318 g/mol. The van der Waals surface area contributed by atoms with E-state index >= 15 is 0 Å². The molecule has 0 fully saturated rings. The van der Waals surface area contributed by atoms with Gasteiger partial charge >= 0.3 is 0 Å². The van der Waals surface area contributed by atoms with E-state index in [-0.39, 0.29) is 0 Å². The fourth-order valence-electron chi connectivity index (χ4n) is 2.17. The Morgan fingerprint density at radius 3 is 1.42 bits per heavy atom. The minimum Gasteiger partial charge on any atom is -0.457 e. The van der Waals surface area contributed by atoms with Crippen molar-refractivity contribution in [1.82, 2.24) is 0 Å². The Bertz CT molecular complexity index is 775. The fourth-order valence-corrected chi connectivity index (χ4v) is 2.17. The van der Waals surface area contributed by atoms with Crippen molar-refractivity contribution in [3.63, 3.8) is 0 Å². The molecule has 0 aliphatic carbocycles. The smallest absolute Gasteiger partial charge is 0.131 e. The first-order valence-corrected chi connectivity index (χ1v) is 7.47. The summed E-state index contributed by atoms with van der Waals surface area (Å²) in [6, 6.07) is 20.0. The van der Waals surface area contributed by atoms with Crippen LogP contribution in [0.3, 0.4) is 0 Å². The van der Waals surface area contributed by atoms with Crippen LogP contribution in [0.4, 0.5) is 11.4 Å². The minimum absolute atomic E-state index is 0.655. The van der Waals surface area contributed by atoms with E-state index in [0.29, 0.717) is 34.4 Å². The second-order valence-corrected chi connectivity index (χ2v) is 5.28. The van der Waals surface area contributed by atoms with Crippen molar-refractivity contribution in [1.29, 1.82) is 0 Å². The van der Waals surface area contributed by atoms with Gasteiger partial charge in [0.15, 0.2) is 0 Å². The summed E-state index contributed by atoms with van der Waals surface area (Å²) in [5, 5.41) is 0. The SMILES string of the molecule is C=Cc1cc(Oc2ccc(N)cc2)cc(Oc2ccc(N)cc2)c1. The number of hydrogen-bond donors (Lipinski definition) is 2. The number of hydrogen-bond acceptors (Lipinski definition) is 4. The second-order valence-electron chi connectivity index (χ2n) is 5.28. The maximum atomic E-state index is 5.87. The molecule has 120 valence electrons. The summed E-state index contributed by atoms with van der Waals surface area (Å²) in [6.07, 6.45) is 1.74. The average molecular weight is 318 g/mol. The standard InChI is InChI=1S/C20H18N2O2/c1-2-14-11-19(23-17-7-3-15(21)4-8-17)13-20(12-14)24-18-9-5-16(22)6-10-18/h2-13H,1,21-22H2. The first-order chi connectivity index (χ1) is 11.6. The Morgan fingerprint density at radius 1 is 0.625 bits per heavy atom. The van der Waals surface area contributed by atoms with Crippen molar-refractivity contribution >= 4 is 17.5 Å². The highest BCUT2D eigenvalue weighted by Gasteiger charge is 2.05. The van der Waals surface area contributed by atoms with Crippen LogP contribution in [0.15, 0.2) is 73.3 Å². The Balaban J connectivity index is 1.85. The van der Waals surface area contributed by atoms with E-state index in [1.807, 2.05) is 42.5 Å². The molecule has 3 aromatic carbocycles. The molecule has 0 heterocycles. The first-order valence-electron chi connectivity index (χ1n) is 7.47. The summed E-state index contributed by atoms with van der Waals surface area (Å²) in [4.78, 5) is 0. The van der Waals surface area contributed by atoms with Gasteiger partial charge < -0.3 is 20.9 Å². The van der Waals surface area contributed by atoms with E-state index < -0.39 is 0 Å². The maximum Gasteiger partial charge on any atom is 0.131 e. The summed E-state index contributed by atoms with van der Waals surface area (Å²) in [5.74, 6) is 2.71. The summed E-state index contributed by atoms with van der Waals surface area (Å²) in [5.41, 5.74) is 13.7. The zero-order chi connectivity index (χ0) is 16.9. The van der Waals surface area contributed by atoms with E-state index in [9.17, 15) is 0 Å². The van der Waals surface area contributed by atoms with Crippen LogP contribution in [0.2, 0.25) is 0 Å². The molecule has 0 bridgehead atoms. The van der Waals surface area contributed by atoms with Crippen molar-refractivity contribution in [2.75, 3.05) is 11.5 Å². The molecule has 0 aromatic heterocycles. The molecule has 4 N–H and O–H groups in total. The van der Waals surface area contributed by atoms with E-state index in [1.165, 1.54) is 0 Å². The first kappa shape index (κ1) is 15.5. The van der Waals surface area contributed by atoms with Crippen LogP contribution in [0, 0.1) is 0 Å². The third-order valence-electron chi connectivity index (χ3n) is 3.37. The minimum atomic E-state index is 0.655. The molecule has 3 rings (SSSR count). The highest BCUT2D eigenvalue weighted by Crippen LogP contribution is 2.31. The van der Waals surface area contributed by atoms with E-state index in [2.05, 4.69) is 6.58 Å². The summed E-state index contributed by atoms with van der Waals surface area (Å²) >= 11 is 0. The molecule has 0 saturated heterocycles. The molecule has 3 aromatic rings. The fraction of sp³-hybridized carbons (Fsp3) is 0. The lowest BCUT2D eigenvalue weighted by molar-refractivity contribution is 0.460. The predicted octanol–water partition coefficient (Wildman–Crippen LogP) is 5.08. The Hall–Kier alpha value is -3.40. The summed E-state index contributed by atoms with van der Waals surface area (Å²) in [6.45, 7) is 3.81. The molecule has 4 nitrogen and oxygen atoms in total. The van der Waals surface area contributed by atoms with Crippen LogP contribution in [0.25, 0.3) is 6.08 Å². The molecule has 0 unspecified atom stereocenters. The van der Waals surface area contributed by atoms with Gasteiger partial charge in [0.1, 0.15) is 23.0 Å². The quantitative estimate of drug-likeness (QED) is 0.644. The van der Waals surface area contributed by atoms with Crippen molar-refractivity contribution in [3.8, 4) is 23.0 Å². The number of nitrogens with two attached hydrogens (primary N) is 2. The normalized spacial score (nSPS) is 10.2. The van der Waals surface area contributed by atoms with Crippen LogP contribution >= 0.6 is 0 Å². The highest BCUT2D eigenvalue weighted by atomic mass is 16.5. The summed E-state index contributed by atoms with van der Waals surface area (Å²) in [7, 11) is 0. The van der Waals surface area contributed by atoms with Gasteiger partial charge in [-0.2, -0.15) is 0 Å². The second kappa shape index (κ2) is 6.79. The Morgan fingerprint density at radius 2 is 1.04 bits per heavy atom. The van der Waals surface area contributed by atoms with Crippen LogP contribution in [-0.2, 0) is 0 Å². The van der Waals surface area contributed by atoms with Gasteiger partial charge in [0, 0.05) is 17.4 Å². The average Bonchev–Trinajstić information content (AvgIpc) is 2.59. The zero-order valence-electron chi connectivity index (χ0n) is 13.1. The molecular weight excluding hydrogens is 300 g/mol. The number of benzene rings is 3. The highest BCUT2D eigenvalue weighted by molar-refractivity contribution is 5.55. The van der Waals surface area contributed by atoms with Gasteiger partial charge in [-0.25, -0.2) is 0 Å². The summed E-state index contributed by atoms with van der Waals surface area (Å²) < 4.78 is 11.7. The molecule has 0 radical (unpaired) electrons. The molecule has 0 spiro atoms. The largest absolute Gasteiger partial charge is 0.457 e. The van der Waals surface area contributed by atoms with Gasteiger partial charge in [0.05, 0.1) is 0 Å². The molecule has 0 amide bonds. The molecule has 4 heteroatoms. The van der Waals surface area contributed by atoms with Gasteiger partial charge in [0.2, 0.25) is 0 Å². The van der Waals surface area contributed by atoms with Gasteiger partial charge in [0.25, 0.3) is 0 Å². The van der Waals surface area contributed by atoms with E-state index in [1.54, 1.807) is 30.3 Å². The van der Waals surface area contributed by atoms with Crippen molar-refractivity contribution in [3.05, 3.63) is 78.9 Å². The molecule has 0 aliphatic heterocycles. The lowest BCUT2D eigenvalue weighted by Crippen LogP contribution is -1.90. The van der Waals surface area contributed by atoms with Crippen LogP contribution < -0.4 is 20.9 Å². The van der Waals surface area contributed by atoms with Gasteiger partial charge in [-0.3, -0.25) is 0 Å². The van der Waals surface area contributed by atoms with Crippen molar-refractivity contribution in [2.45, 2.75) is 0 Å². The van der Waals surface area contributed by atoms with Crippen molar-refractivity contribution < 1.29 is 9.47 Å². The predicted molar refractivity (Wildman–Crippen MR) is 98.4 cm³/mol. The molecule has 0 saturated carbocycles. The lowest BCUT2D eigenvalue weighted by atomic mass is 10.2. The number of ether oxygens (including phenoxy) is 2. The zero-order valence-corrected chi connectivity index (χ0v) is 13.1. The number of anilines is 2. The molecule has 0 atom stereocenters. The van der Waals surface area contributed by atoms with Crippen molar-refractivity contribution in [2.24, 2.45) is 0 Å². The Kier molecular flexibility index (Phi) is 4.38. The lowest BCUT2D eigenvalue weighted by Gasteiger charge is -2.11. The third-order valence-corrected chi connectivity index (χ3v) is 3.37. The van der Waals surface area contributed by atoms with Crippen LogP contribution in [0.5, 0.6) is 23.0 Å². The van der Waals surface area contributed by atoms with Crippen LogP contribution in [-0.4, -0.2) is 0 Å². The number of rotatable bonds is 5. The third kappa shape index (κ3) is 3.87.